The van der Waals surface area contributed by atoms with Gasteiger partial charge in [0.05, 0.1) is 9.80 Å². The van der Waals surface area contributed by atoms with Gasteiger partial charge in [-0.2, -0.15) is 0 Å². The maximum Gasteiger partial charge on any atom is 0.324 e. The number of amides is 1. The second kappa shape index (κ2) is 8.40. The van der Waals surface area contributed by atoms with Crippen LogP contribution in [-0.2, 0) is 6.54 Å². The summed E-state index contributed by atoms with van der Waals surface area (Å²) in [5.41, 5.74) is 0.615. The molecule has 1 fully saturated rings. The Kier molecular flexibility index (Phi) is 5.70. The van der Waals surface area contributed by atoms with E-state index in [0.29, 0.717) is 23.5 Å². The van der Waals surface area contributed by atoms with E-state index < -0.39 is 4.92 Å². The number of halogens is 1. The Morgan fingerprint density at radius 2 is 1.79 bits per heavy atom. The summed E-state index contributed by atoms with van der Waals surface area (Å²) < 4.78 is 14.0. The maximum absolute atomic E-state index is 14.0. The number of carbonyl (C=O) groups excluding carboxylic acids is 1. The van der Waals surface area contributed by atoms with Gasteiger partial charge in [0.25, 0.3) is 5.91 Å². The molecule has 0 atom stereocenters. The van der Waals surface area contributed by atoms with E-state index >= 15 is 0 Å². The molecule has 6 nitrogen and oxygen atoms in total. The van der Waals surface area contributed by atoms with Crippen molar-refractivity contribution in [2.75, 3.05) is 26.2 Å². The van der Waals surface area contributed by atoms with Gasteiger partial charge in [-0.3, -0.25) is 19.8 Å². The molecule has 0 saturated carbocycles. The van der Waals surface area contributed by atoms with Gasteiger partial charge in [0.1, 0.15) is 5.82 Å². The number of piperazine rings is 1. The molecular formula is C20H18FN3O3S2. The number of hydrogen-bond acceptors (Lipinski definition) is 6. The zero-order valence-electron chi connectivity index (χ0n) is 15.4. The molecule has 0 aliphatic carbocycles. The van der Waals surface area contributed by atoms with Crippen molar-refractivity contribution >= 4 is 33.6 Å². The molecular weight excluding hydrogens is 413 g/mol. The first-order valence-corrected chi connectivity index (χ1v) is 10.7. The lowest BCUT2D eigenvalue weighted by Crippen LogP contribution is -2.48. The number of nitrogens with zero attached hydrogens (tertiary/aromatic N) is 3. The van der Waals surface area contributed by atoms with Crippen molar-refractivity contribution in [1.29, 1.82) is 0 Å². The highest BCUT2D eigenvalue weighted by atomic mass is 32.1. The molecule has 150 valence electrons. The molecule has 0 spiro atoms. The fourth-order valence-electron chi connectivity index (χ4n) is 3.29. The van der Waals surface area contributed by atoms with Crippen LogP contribution in [0.2, 0.25) is 0 Å². The Bertz CT molecular complexity index is 1040. The summed E-state index contributed by atoms with van der Waals surface area (Å²) in [5.74, 6) is -0.373. The summed E-state index contributed by atoms with van der Waals surface area (Å²) >= 11 is 2.49. The predicted molar refractivity (Wildman–Crippen MR) is 112 cm³/mol. The van der Waals surface area contributed by atoms with Crippen molar-refractivity contribution in [2.24, 2.45) is 0 Å². The number of carbonyl (C=O) groups is 1. The fourth-order valence-corrected chi connectivity index (χ4v) is 5.16. The lowest BCUT2D eigenvalue weighted by Gasteiger charge is -2.34. The zero-order valence-corrected chi connectivity index (χ0v) is 17.0. The van der Waals surface area contributed by atoms with Gasteiger partial charge in [0, 0.05) is 54.1 Å². The van der Waals surface area contributed by atoms with E-state index in [0.717, 1.165) is 40.7 Å². The van der Waals surface area contributed by atoms with E-state index in [1.54, 1.807) is 28.4 Å². The van der Waals surface area contributed by atoms with Gasteiger partial charge >= 0.3 is 5.00 Å². The Balaban J connectivity index is 1.34. The summed E-state index contributed by atoms with van der Waals surface area (Å²) in [7, 11) is 0. The minimum Gasteiger partial charge on any atom is -0.335 e. The van der Waals surface area contributed by atoms with Gasteiger partial charge in [-0.25, -0.2) is 4.39 Å². The molecule has 2 aromatic heterocycles. The van der Waals surface area contributed by atoms with Crippen LogP contribution >= 0.6 is 22.7 Å². The van der Waals surface area contributed by atoms with Crippen molar-refractivity contribution in [3.05, 3.63) is 74.2 Å². The van der Waals surface area contributed by atoms with E-state index in [2.05, 4.69) is 4.90 Å². The second-order valence-corrected chi connectivity index (χ2v) is 8.94. The summed E-state index contributed by atoms with van der Waals surface area (Å²) in [6, 6.07) is 13.6. The SMILES string of the molecule is O=C(c1ccc([N+](=O)[O-])s1)N1CCN(Cc2ccc(-c3ccccc3F)s2)CC1. The minimum atomic E-state index is -0.476. The summed E-state index contributed by atoms with van der Waals surface area (Å²) in [5, 5.41) is 10.8. The van der Waals surface area contributed by atoms with Crippen LogP contribution in [0.15, 0.2) is 48.5 Å². The average Bonchev–Trinajstić information content (AvgIpc) is 3.38. The minimum absolute atomic E-state index is 0.0182. The molecule has 1 aliphatic heterocycles. The molecule has 1 aromatic carbocycles. The van der Waals surface area contributed by atoms with Gasteiger partial charge in [-0.15, -0.1) is 11.3 Å². The molecule has 29 heavy (non-hydrogen) atoms. The van der Waals surface area contributed by atoms with Crippen molar-refractivity contribution in [1.82, 2.24) is 9.80 Å². The maximum atomic E-state index is 14.0. The van der Waals surface area contributed by atoms with Crippen molar-refractivity contribution in [3.63, 3.8) is 0 Å². The van der Waals surface area contributed by atoms with Crippen LogP contribution in [0.25, 0.3) is 10.4 Å². The van der Waals surface area contributed by atoms with Crippen LogP contribution in [-0.4, -0.2) is 46.8 Å². The van der Waals surface area contributed by atoms with Crippen molar-refractivity contribution < 1.29 is 14.1 Å². The van der Waals surface area contributed by atoms with Crippen LogP contribution in [0, 0.1) is 15.9 Å². The Morgan fingerprint density at radius 3 is 2.48 bits per heavy atom. The Morgan fingerprint density at radius 1 is 1.03 bits per heavy atom. The summed E-state index contributed by atoms with van der Waals surface area (Å²) in [6.45, 7) is 3.37. The molecule has 1 saturated heterocycles. The second-order valence-electron chi connectivity index (χ2n) is 6.71. The first-order valence-electron chi connectivity index (χ1n) is 9.11. The van der Waals surface area contributed by atoms with Gasteiger partial charge in [0.2, 0.25) is 0 Å². The topological polar surface area (TPSA) is 66.7 Å². The van der Waals surface area contributed by atoms with E-state index in [1.165, 1.54) is 18.2 Å². The van der Waals surface area contributed by atoms with E-state index in [-0.39, 0.29) is 16.7 Å². The van der Waals surface area contributed by atoms with Gasteiger partial charge in [0.15, 0.2) is 0 Å². The van der Waals surface area contributed by atoms with Gasteiger partial charge in [-0.1, -0.05) is 29.5 Å². The van der Waals surface area contributed by atoms with Crippen molar-refractivity contribution in [2.45, 2.75) is 6.54 Å². The normalized spacial score (nSPS) is 14.9. The molecule has 3 aromatic rings. The summed E-state index contributed by atoms with van der Waals surface area (Å²) in [4.78, 5) is 29.3. The van der Waals surface area contributed by atoms with Crippen LogP contribution in [0.1, 0.15) is 14.5 Å². The number of rotatable bonds is 5. The molecule has 0 radical (unpaired) electrons. The van der Waals surface area contributed by atoms with Crippen LogP contribution in [0.4, 0.5) is 9.39 Å². The van der Waals surface area contributed by atoms with Crippen LogP contribution < -0.4 is 0 Å². The number of thiophene rings is 2. The predicted octanol–water partition coefficient (Wildman–Crippen LogP) is 4.48. The number of hydrogen-bond donors (Lipinski definition) is 0. The average molecular weight is 432 g/mol. The Hall–Kier alpha value is -2.62. The molecule has 0 N–H and O–H groups in total. The molecule has 9 heteroatoms. The molecule has 1 aliphatic rings. The molecule has 0 unspecified atom stereocenters. The van der Waals surface area contributed by atoms with Crippen molar-refractivity contribution in [3.8, 4) is 10.4 Å². The standard InChI is InChI=1S/C20H18FN3O3S2/c21-16-4-2-1-3-15(16)17-6-5-14(28-17)13-22-9-11-23(12-10-22)20(25)18-7-8-19(29-18)24(26)27/h1-8H,9-13H2. The van der Waals surface area contributed by atoms with E-state index in [4.69, 9.17) is 0 Å². The van der Waals surface area contributed by atoms with Gasteiger partial charge in [-0.05, 0) is 24.3 Å². The van der Waals surface area contributed by atoms with Crippen LogP contribution in [0.5, 0.6) is 0 Å². The first-order chi connectivity index (χ1) is 14.0. The molecule has 0 bridgehead atoms. The zero-order chi connectivity index (χ0) is 20.4. The monoisotopic (exact) mass is 431 g/mol. The highest BCUT2D eigenvalue weighted by Gasteiger charge is 2.25. The number of nitro groups is 1. The van der Waals surface area contributed by atoms with E-state index in [9.17, 15) is 19.3 Å². The smallest absolute Gasteiger partial charge is 0.324 e. The molecule has 1 amide bonds. The van der Waals surface area contributed by atoms with Gasteiger partial charge < -0.3 is 4.90 Å². The third-order valence-electron chi connectivity index (χ3n) is 4.82. The third kappa shape index (κ3) is 4.36. The quantitative estimate of drug-likeness (QED) is 0.441. The largest absolute Gasteiger partial charge is 0.335 e. The molecule has 3 heterocycles. The fraction of sp³-hybridized carbons (Fsp3) is 0.250. The third-order valence-corrected chi connectivity index (χ3v) is 6.95. The Labute approximate surface area is 175 Å². The lowest BCUT2D eigenvalue weighted by atomic mass is 10.2. The first kappa shape index (κ1) is 19.7. The highest BCUT2D eigenvalue weighted by molar-refractivity contribution is 7.17. The summed E-state index contributed by atoms with van der Waals surface area (Å²) in [6.07, 6.45) is 0. The lowest BCUT2D eigenvalue weighted by molar-refractivity contribution is -0.380. The van der Waals surface area contributed by atoms with Crippen LogP contribution in [0.3, 0.4) is 0 Å². The molecule has 4 rings (SSSR count). The van der Waals surface area contributed by atoms with E-state index in [1.807, 2.05) is 18.2 Å². The number of benzene rings is 1. The highest BCUT2D eigenvalue weighted by Crippen LogP contribution is 2.31.